The van der Waals surface area contributed by atoms with E-state index in [0.717, 1.165) is 0 Å². The Morgan fingerprint density at radius 1 is 1.40 bits per heavy atom. The molecule has 3 rings (SSSR count). The van der Waals surface area contributed by atoms with Gasteiger partial charge in [0.25, 0.3) is 10.1 Å². The van der Waals surface area contributed by atoms with Crippen molar-refractivity contribution in [2.75, 3.05) is 0 Å². The molecule has 1 heterocycles. The van der Waals surface area contributed by atoms with Crippen LogP contribution in [0.15, 0.2) is 0 Å². The first-order valence-electron chi connectivity index (χ1n) is 5.75. The summed E-state index contributed by atoms with van der Waals surface area (Å²) in [6.45, 7) is 0. The summed E-state index contributed by atoms with van der Waals surface area (Å²) in [7, 11) is -3.75. The molecule has 7 nitrogen and oxygen atoms in total. The molecule has 1 saturated heterocycles. The van der Waals surface area contributed by atoms with Gasteiger partial charge in [0.15, 0.2) is 0 Å². The third kappa shape index (κ3) is 1.83. The average Bonchev–Trinajstić information content (AvgIpc) is 2.92. The predicted octanol–water partition coefficient (Wildman–Crippen LogP) is -0.493. The minimum Gasteiger partial charge on any atom is -0.767 e. The summed E-state index contributed by atoms with van der Waals surface area (Å²) in [5, 5.41) is -5.33. The normalized spacial score (nSPS) is 42.6. The molecule has 6 unspecified atom stereocenters. The zero-order valence-electron chi connectivity index (χ0n) is 9.73. The predicted molar refractivity (Wildman–Crippen MR) is 57.5 cm³/mol. The summed E-state index contributed by atoms with van der Waals surface area (Å²) in [4.78, 5) is 11.2. The fourth-order valence-corrected chi connectivity index (χ4v) is 5.37. The minimum atomic E-state index is -4.65. The molecule has 2 saturated carbocycles. The highest BCUT2D eigenvalue weighted by Crippen LogP contribution is 2.55. The molecule has 0 spiro atoms. The lowest BCUT2D eigenvalue weighted by Gasteiger charge is -2.27. The lowest BCUT2D eigenvalue weighted by atomic mass is 9.94. The zero-order chi connectivity index (χ0) is 14.9. The molecule has 0 aromatic rings. The molecule has 3 aliphatic rings. The van der Waals surface area contributed by atoms with Gasteiger partial charge in [-0.15, -0.1) is 0 Å². The SMILES string of the molecule is O=C(OC1C2CC3C1OS(=O)(=O)C3C2)C(F)(F)S(=O)[O-]. The third-order valence-electron chi connectivity index (χ3n) is 4.10. The van der Waals surface area contributed by atoms with Crippen molar-refractivity contribution in [2.45, 2.75) is 35.6 Å². The molecule has 0 aromatic carbocycles. The molecule has 0 amide bonds. The molecule has 0 aromatic heterocycles. The Kier molecular flexibility index (Phi) is 2.99. The Bertz CT molecular complexity index is 589. The van der Waals surface area contributed by atoms with Crippen LogP contribution in [0.3, 0.4) is 0 Å². The van der Waals surface area contributed by atoms with Gasteiger partial charge in [0.2, 0.25) is 0 Å². The number of fused-ring (bicyclic) bond motifs is 1. The van der Waals surface area contributed by atoms with E-state index >= 15 is 0 Å². The van der Waals surface area contributed by atoms with E-state index in [1.807, 2.05) is 0 Å². The van der Waals surface area contributed by atoms with E-state index in [-0.39, 0.29) is 12.3 Å². The van der Waals surface area contributed by atoms with Gasteiger partial charge in [-0.1, -0.05) is 0 Å². The Morgan fingerprint density at radius 3 is 2.65 bits per heavy atom. The first-order valence-corrected chi connectivity index (χ1v) is 8.29. The maximum absolute atomic E-state index is 13.0. The summed E-state index contributed by atoms with van der Waals surface area (Å²) in [5.41, 5.74) is 0. The molecule has 2 aliphatic carbocycles. The Balaban J connectivity index is 1.79. The van der Waals surface area contributed by atoms with Crippen LogP contribution in [0.2, 0.25) is 0 Å². The highest BCUT2D eigenvalue weighted by atomic mass is 32.2. The van der Waals surface area contributed by atoms with E-state index in [1.165, 1.54) is 0 Å². The number of hydrogen-bond donors (Lipinski definition) is 0. The van der Waals surface area contributed by atoms with E-state index in [0.29, 0.717) is 6.42 Å². The molecule has 1 aliphatic heterocycles. The second kappa shape index (κ2) is 4.18. The molecular weight excluding hydrogens is 322 g/mol. The zero-order valence-corrected chi connectivity index (χ0v) is 11.4. The van der Waals surface area contributed by atoms with Gasteiger partial charge in [-0.05, 0) is 12.8 Å². The fourth-order valence-electron chi connectivity index (χ4n) is 3.30. The van der Waals surface area contributed by atoms with Crippen molar-refractivity contribution in [1.82, 2.24) is 0 Å². The van der Waals surface area contributed by atoms with Crippen molar-refractivity contribution in [3.63, 3.8) is 0 Å². The molecule has 6 atom stereocenters. The van der Waals surface area contributed by atoms with Crippen molar-refractivity contribution in [3.05, 3.63) is 0 Å². The van der Waals surface area contributed by atoms with Crippen LogP contribution in [0.4, 0.5) is 8.78 Å². The third-order valence-corrected chi connectivity index (χ3v) is 6.46. The summed E-state index contributed by atoms with van der Waals surface area (Å²) >= 11 is -3.94. The summed E-state index contributed by atoms with van der Waals surface area (Å²) in [6.07, 6.45) is -1.55. The quantitative estimate of drug-likeness (QED) is 0.390. The highest BCUT2D eigenvalue weighted by Gasteiger charge is 2.66. The van der Waals surface area contributed by atoms with Gasteiger partial charge in [-0.2, -0.15) is 17.2 Å². The number of carbonyl (C=O) groups excluding carboxylic acids is 1. The first-order chi connectivity index (χ1) is 9.14. The number of rotatable bonds is 3. The fraction of sp³-hybridized carbons (Fsp3) is 0.889. The average molecular weight is 331 g/mol. The van der Waals surface area contributed by atoms with Crippen LogP contribution in [0, 0.1) is 11.8 Å². The number of hydrogen-bond acceptors (Lipinski definition) is 7. The molecule has 2 bridgehead atoms. The Labute approximate surface area is 115 Å². The van der Waals surface area contributed by atoms with Gasteiger partial charge >= 0.3 is 11.2 Å². The molecule has 114 valence electrons. The van der Waals surface area contributed by atoms with E-state index in [2.05, 4.69) is 4.74 Å². The lowest BCUT2D eigenvalue weighted by Crippen LogP contribution is -2.43. The first kappa shape index (κ1) is 14.3. The van der Waals surface area contributed by atoms with Crippen LogP contribution in [-0.4, -0.2) is 45.9 Å². The maximum atomic E-state index is 13.0. The van der Waals surface area contributed by atoms with E-state index in [1.54, 1.807) is 0 Å². The highest BCUT2D eigenvalue weighted by molar-refractivity contribution is 7.87. The molecule has 20 heavy (non-hydrogen) atoms. The van der Waals surface area contributed by atoms with Crippen LogP contribution >= 0.6 is 0 Å². The molecular formula is C9H9F2O7S2-. The van der Waals surface area contributed by atoms with Crippen molar-refractivity contribution in [1.29, 1.82) is 0 Å². The van der Waals surface area contributed by atoms with Crippen LogP contribution in [0.5, 0.6) is 0 Å². The monoisotopic (exact) mass is 331 g/mol. The van der Waals surface area contributed by atoms with Gasteiger partial charge in [0.1, 0.15) is 12.2 Å². The van der Waals surface area contributed by atoms with Crippen molar-refractivity contribution in [3.8, 4) is 0 Å². The van der Waals surface area contributed by atoms with E-state index < -0.39 is 55.8 Å². The standard InChI is InChI=1S/C9H10F2O7S2/c10-9(11,19(13)14)8(12)17-6-3-1-4-5(2-3)20(15,16)18-7(4)6/h3-7H,1-2H2,(H,13,14)/p-1. The summed E-state index contributed by atoms with van der Waals surface area (Å²) < 4.78 is 79.1. The molecule has 11 heteroatoms. The molecule has 0 N–H and O–H groups in total. The maximum Gasteiger partial charge on any atom is 0.404 e. The van der Waals surface area contributed by atoms with Crippen molar-refractivity contribution in [2.24, 2.45) is 11.8 Å². The van der Waals surface area contributed by atoms with E-state index in [9.17, 15) is 30.8 Å². The van der Waals surface area contributed by atoms with E-state index in [4.69, 9.17) is 4.18 Å². The van der Waals surface area contributed by atoms with Crippen LogP contribution in [-0.2, 0) is 34.9 Å². The number of esters is 1. The van der Waals surface area contributed by atoms with Crippen LogP contribution in [0.1, 0.15) is 12.8 Å². The van der Waals surface area contributed by atoms with Crippen LogP contribution < -0.4 is 0 Å². The summed E-state index contributed by atoms with van der Waals surface area (Å²) in [6, 6.07) is 0. The van der Waals surface area contributed by atoms with Gasteiger partial charge < -0.3 is 9.29 Å². The molecule has 3 fully saturated rings. The second-order valence-corrected chi connectivity index (χ2v) is 7.87. The molecule has 0 radical (unpaired) electrons. The van der Waals surface area contributed by atoms with Gasteiger partial charge in [0.05, 0.1) is 5.25 Å². The number of alkyl halides is 2. The number of ether oxygens (including phenoxy) is 1. The van der Waals surface area contributed by atoms with Crippen LogP contribution in [0.25, 0.3) is 0 Å². The van der Waals surface area contributed by atoms with Gasteiger partial charge in [-0.25, -0.2) is 4.79 Å². The summed E-state index contributed by atoms with van der Waals surface area (Å²) in [5.74, 6) is -2.98. The van der Waals surface area contributed by atoms with Crippen molar-refractivity contribution >= 4 is 27.2 Å². The Morgan fingerprint density at radius 2 is 2.05 bits per heavy atom. The minimum absolute atomic E-state index is 0.174. The number of halogens is 2. The largest absolute Gasteiger partial charge is 0.767 e. The smallest absolute Gasteiger partial charge is 0.404 e. The topological polar surface area (TPSA) is 110 Å². The lowest BCUT2D eigenvalue weighted by molar-refractivity contribution is -0.173. The van der Waals surface area contributed by atoms with Gasteiger partial charge in [-0.3, -0.25) is 8.39 Å². The second-order valence-electron chi connectivity index (χ2n) is 5.11. The van der Waals surface area contributed by atoms with Gasteiger partial charge in [0, 0.05) is 22.9 Å². The Hall–Kier alpha value is -0.650. The van der Waals surface area contributed by atoms with Crippen molar-refractivity contribution < 1.29 is 39.7 Å². The number of carbonyl (C=O) groups is 1.